The molecule has 0 aliphatic heterocycles. The molecule has 0 atom stereocenters. The highest BCUT2D eigenvalue weighted by Gasteiger charge is 2.37. The van der Waals surface area contributed by atoms with Gasteiger partial charge < -0.3 is 9.64 Å². The zero-order valence-corrected chi connectivity index (χ0v) is 24.0. The number of thiophene rings is 1. The fraction of sp³-hybridized carbons (Fsp3) is 0.429. The molecule has 39 heavy (non-hydrogen) atoms. The minimum absolute atomic E-state index is 0.144. The molecule has 11 heteroatoms. The summed E-state index contributed by atoms with van der Waals surface area (Å²) in [6.45, 7) is 10.0. The summed E-state index contributed by atoms with van der Waals surface area (Å²) in [5.41, 5.74) is -1.30. The van der Waals surface area contributed by atoms with E-state index >= 15 is 0 Å². The largest absolute Gasteiger partial charge is 0.496 e. The Labute approximate surface area is 230 Å². The average Bonchev–Trinajstić information content (AvgIpc) is 3.55. The summed E-state index contributed by atoms with van der Waals surface area (Å²) in [6, 6.07) is 6.02. The first-order valence-corrected chi connectivity index (χ1v) is 13.8. The smallest absolute Gasteiger partial charge is 0.333 e. The minimum atomic E-state index is -1.44. The van der Waals surface area contributed by atoms with Gasteiger partial charge in [0, 0.05) is 37.6 Å². The summed E-state index contributed by atoms with van der Waals surface area (Å²) in [4.78, 5) is 43.9. The summed E-state index contributed by atoms with van der Waals surface area (Å²) in [5, 5.41) is 5.37. The lowest BCUT2D eigenvalue weighted by atomic mass is 10.0. The summed E-state index contributed by atoms with van der Waals surface area (Å²) in [5.74, 6) is -0.213. The lowest BCUT2D eigenvalue weighted by molar-refractivity contribution is -0.139. The van der Waals surface area contributed by atoms with Crippen molar-refractivity contribution >= 4 is 27.5 Å². The quantitative estimate of drug-likeness (QED) is 0.294. The molecule has 0 saturated carbocycles. The normalized spacial score (nSPS) is 11.8. The van der Waals surface area contributed by atoms with Crippen LogP contribution in [0.25, 0.3) is 15.2 Å². The number of nitrogens with zero attached hydrogens (tertiary/aromatic N) is 5. The molecule has 3 aromatic heterocycles. The molecule has 4 rings (SSSR count). The average molecular weight is 556 g/mol. The van der Waals surface area contributed by atoms with E-state index in [2.05, 4.69) is 5.10 Å². The molecule has 3 heterocycles. The number of hydrogen-bond donors (Lipinski definition) is 0. The van der Waals surface area contributed by atoms with Gasteiger partial charge in [0.25, 0.3) is 5.56 Å². The van der Waals surface area contributed by atoms with Crippen molar-refractivity contribution in [3.8, 4) is 10.8 Å². The Hall–Kier alpha value is -3.73. The third-order valence-corrected chi connectivity index (χ3v) is 8.30. The summed E-state index contributed by atoms with van der Waals surface area (Å²) in [6.07, 6.45) is 4.43. The van der Waals surface area contributed by atoms with Gasteiger partial charge in [-0.15, -0.1) is 0 Å². The molecule has 0 unspecified atom stereocenters. The topological polar surface area (TPSA) is 91.4 Å². The number of carbonyl (C=O) groups is 1. The number of rotatable bonds is 10. The van der Waals surface area contributed by atoms with Crippen LogP contribution in [0.5, 0.6) is 5.75 Å². The van der Waals surface area contributed by atoms with E-state index in [4.69, 9.17) is 4.74 Å². The molecular formula is C28H34FN5O4S. The molecule has 0 aliphatic rings. The van der Waals surface area contributed by atoms with E-state index in [0.29, 0.717) is 45.2 Å². The molecule has 0 bridgehead atoms. The first kappa shape index (κ1) is 28.3. The molecule has 0 radical (unpaired) electrons. The summed E-state index contributed by atoms with van der Waals surface area (Å²) < 4.78 is 23.7. The van der Waals surface area contributed by atoms with Gasteiger partial charge in [0.2, 0.25) is 5.91 Å². The zero-order valence-electron chi connectivity index (χ0n) is 23.2. The van der Waals surface area contributed by atoms with E-state index in [9.17, 15) is 18.8 Å². The predicted octanol–water partition coefficient (Wildman–Crippen LogP) is 4.10. The molecule has 0 aliphatic carbocycles. The predicted molar refractivity (Wildman–Crippen MR) is 151 cm³/mol. The number of ether oxygens (including phenoxy) is 1. The number of likely N-dealkylation sites (N-methyl/N-ethyl adjacent to an activating group) is 1. The lowest BCUT2D eigenvalue weighted by Crippen LogP contribution is -2.56. The Morgan fingerprint density at radius 2 is 1.97 bits per heavy atom. The molecule has 9 nitrogen and oxygen atoms in total. The van der Waals surface area contributed by atoms with Gasteiger partial charge in [-0.25, -0.2) is 18.4 Å². The van der Waals surface area contributed by atoms with Crippen LogP contribution < -0.4 is 16.0 Å². The van der Waals surface area contributed by atoms with Crippen molar-refractivity contribution in [1.82, 2.24) is 23.8 Å². The Bertz CT molecular complexity index is 1620. The standard InChI is InChI=1S/C28H34FN5O4S/c1-7-14-31(8-2)26(36)28(4,5)34-23(35)22-18(3)24(33-15-9-13-30-33)39-25(22)32(27(34)37)16-12-19-17-20(29)10-11-21(19)38-6/h9-11,13,15,17H,7-8,12,14,16H2,1-6H3. The summed E-state index contributed by atoms with van der Waals surface area (Å²) >= 11 is 1.28. The van der Waals surface area contributed by atoms with Gasteiger partial charge in [0.1, 0.15) is 26.9 Å². The number of carbonyl (C=O) groups excluding carboxylic acids is 1. The van der Waals surface area contributed by atoms with Crippen molar-refractivity contribution in [3.63, 3.8) is 0 Å². The highest BCUT2D eigenvalue weighted by Crippen LogP contribution is 2.32. The van der Waals surface area contributed by atoms with E-state index < -0.39 is 22.6 Å². The maximum atomic E-state index is 14.1. The fourth-order valence-electron chi connectivity index (χ4n) is 4.96. The van der Waals surface area contributed by atoms with Gasteiger partial charge in [0.05, 0.1) is 12.5 Å². The summed E-state index contributed by atoms with van der Waals surface area (Å²) in [7, 11) is 1.50. The number of aryl methyl sites for hydroxylation is 3. The molecule has 0 spiro atoms. The van der Waals surface area contributed by atoms with Crippen LogP contribution in [0.2, 0.25) is 0 Å². The molecular weight excluding hydrogens is 521 g/mol. The van der Waals surface area contributed by atoms with Gasteiger partial charge in [-0.1, -0.05) is 18.3 Å². The second-order valence-electron chi connectivity index (χ2n) is 9.89. The van der Waals surface area contributed by atoms with E-state index in [0.717, 1.165) is 11.0 Å². The van der Waals surface area contributed by atoms with Crippen LogP contribution in [0.3, 0.4) is 0 Å². The number of aromatic nitrogens is 4. The maximum absolute atomic E-state index is 14.1. The lowest BCUT2D eigenvalue weighted by Gasteiger charge is -2.32. The van der Waals surface area contributed by atoms with E-state index in [1.54, 1.807) is 48.0 Å². The Balaban J connectivity index is 1.97. The monoisotopic (exact) mass is 555 g/mol. The second kappa shape index (κ2) is 11.2. The maximum Gasteiger partial charge on any atom is 0.333 e. The number of amides is 1. The molecule has 0 N–H and O–H groups in total. The van der Waals surface area contributed by atoms with Gasteiger partial charge in [-0.2, -0.15) is 5.10 Å². The molecule has 208 valence electrons. The van der Waals surface area contributed by atoms with Crippen molar-refractivity contribution < 1.29 is 13.9 Å². The third-order valence-electron chi connectivity index (χ3n) is 6.99. The van der Waals surface area contributed by atoms with Crippen molar-refractivity contribution in [2.75, 3.05) is 20.2 Å². The molecule has 0 saturated heterocycles. The fourth-order valence-corrected chi connectivity index (χ4v) is 6.22. The van der Waals surface area contributed by atoms with Gasteiger partial charge >= 0.3 is 5.69 Å². The zero-order chi connectivity index (χ0) is 28.5. The van der Waals surface area contributed by atoms with E-state index in [1.165, 1.54) is 35.1 Å². The minimum Gasteiger partial charge on any atom is -0.496 e. The van der Waals surface area contributed by atoms with Crippen LogP contribution >= 0.6 is 11.3 Å². The van der Waals surface area contributed by atoms with Crippen LogP contribution in [0.4, 0.5) is 4.39 Å². The van der Waals surface area contributed by atoms with E-state index in [-0.39, 0.29) is 18.9 Å². The van der Waals surface area contributed by atoms with Crippen molar-refractivity contribution in [3.05, 3.63) is 74.4 Å². The Morgan fingerprint density at radius 1 is 1.23 bits per heavy atom. The van der Waals surface area contributed by atoms with Crippen molar-refractivity contribution in [2.24, 2.45) is 0 Å². The first-order chi connectivity index (χ1) is 18.6. The van der Waals surface area contributed by atoms with Crippen LogP contribution in [-0.2, 0) is 23.3 Å². The Kier molecular flexibility index (Phi) is 8.10. The van der Waals surface area contributed by atoms with Crippen LogP contribution in [0, 0.1) is 12.7 Å². The van der Waals surface area contributed by atoms with Crippen LogP contribution in [-0.4, -0.2) is 49.9 Å². The Morgan fingerprint density at radius 3 is 2.59 bits per heavy atom. The number of hydrogen-bond acceptors (Lipinski definition) is 6. The number of methoxy groups -OCH3 is 1. The van der Waals surface area contributed by atoms with Gasteiger partial charge in [-0.05, 0) is 70.4 Å². The van der Waals surface area contributed by atoms with Crippen molar-refractivity contribution in [2.45, 2.75) is 59.5 Å². The van der Waals surface area contributed by atoms with Crippen LogP contribution in [0.15, 0.2) is 46.2 Å². The first-order valence-electron chi connectivity index (χ1n) is 13.0. The number of halogens is 1. The van der Waals surface area contributed by atoms with Crippen LogP contribution in [0.1, 0.15) is 45.2 Å². The highest BCUT2D eigenvalue weighted by atomic mass is 32.1. The van der Waals surface area contributed by atoms with Gasteiger partial charge in [0.15, 0.2) is 0 Å². The van der Waals surface area contributed by atoms with Crippen molar-refractivity contribution in [1.29, 1.82) is 0 Å². The molecule has 1 aromatic carbocycles. The SMILES string of the molecule is CCCN(CC)C(=O)C(C)(C)n1c(=O)c2c(C)c(-n3cccn3)sc2n(CCc2cc(F)ccc2OC)c1=O. The van der Waals surface area contributed by atoms with Gasteiger partial charge in [-0.3, -0.25) is 14.2 Å². The highest BCUT2D eigenvalue weighted by molar-refractivity contribution is 7.21. The third kappa shape index (κ3) is 5.03. The second-order valence-corrected chi connectivity index (χ2v) is 10.9. The molecule has 0 fully saturated rings. The molecule has 1 amide bonds. The van der Waals surface area contributed by atoms with E-state index in [1.807, 2.05) is 20.8 Å². The number of fused-ring (bicyclic) bond motifs is 1. The molecule has 4 aromatic rings. The number of benzene rings is 1.